The van der Waals surface area contributed by atoms with Crippen LogP contribution < -0.4 is 4.90 Å². The second-order valence-corrected chi connectivity index (χ2v) is 9.83. The van der Waals surface area contributed by atoms with E-state index in [1.54, 1.807) is 18.2 Å². The largest absolute Gasteiger partial charge is 0.511 e. The molecular weight excluding hydrogens is 485 g/mol. The summed E-state index contributed by atoms with van der Waals surface area (Å²) in [7, 11) is 0. The Morgan fingerprint density at radius 1 is 1.03 bits per heavy atom. The van der Waals surface area contributed by atoms with E-state index in [4.69, 9.17) is 28.2 Å². The van der Waals surface area contributed by atoms with Crippen molar-refractivity contribution in [2.45, 2.75) is 25.7 Å². The molecule has 0 saturated carbocycles. The first-order valence-electron chi connectivity index (χ1n) is 11.8. The highest BCUT2D eigenvalue weighted by atomic mass is 35.5. The summed E-state index contributed by atoms with van der Waals surface area (Å²) in [6.07, 6.45) is 3.88. The Labute approximate surface area is 215 Å². The summed E-state index contributed by atoms with van der Waals surface area (Å²) in [5.41, 5.74) is 1.93. The molecule has 184 valence electrons. The molecule has 2 N–H and O–H groups in total. The lowest BCUT2D eigenvalue weighted by Gasteiger charge is -2.33. The van der Waals surface area contributed by atoms with Gasteiger partial charge in [-0.2, -0.15) is 0 Å². The second-order valence-electron chi connectivity index (χ2n) is 8.96. The minimum atomic E-state index is -1.02. The molecule has 1 aromatic heterocycles. The van der Waals surface area contributed by atoms with Crippen molar-refractivity contribution < 1.29 is 15.0 Å². The molecule has 0 atom stereocenters. The molecule has 1 fully saturated rings. The van der Waals surface area contributed by atoms with E-state index in [9.17, 15) is 15.0 Å². The van der Waals surface area contributed by atoms with E-state index in [0.29, 0.717) is 28.9 Å². The Morgan fingerprint density at radius 2 is 1.74 bits per heavy atom. The van der Waals surface area contributed by atoms with E-state index in [1.807, 2.05) is 42.5 Å². The molecule has 1 saturated heterocycles. The summed E-state index contributed by atoms with van der Waals surface area (Å²) in [6, 6.07) is 17.1. The predicted octanol–water partition coefficient (Wildman–Crippen LogP) is 6.81. The monoisotopic (exact) mass is 513 g/mol. The van der Waals surface area contributed by atoms with Gasteiger partial charge in [0.25, 0.3) is 0 Å². The van der Waals surface area contributed by atoms with E-state index in [1.165, 1.54) is 4.90 Å². The molecule has 3 aromatic rings. The average Bonchev–Trinajstić information content (AvgIpc) is 2.86. The number of nitrogens with zero attached hydrogens (tertiary/aromatic N) is 3. The molecule has 1 aliphatic heterocycles. The molecule has 0 bridgehead atoms. The highest BCUT2D eigenvalue weighted by Gasteiger charge is 2.22. The van der Waals surface area contributed by atoms with E-state index in [-0.39, 0.29) is 12.3 Å². The Bertz CT molecular complexity index is 1190. The average molecular weight is 514 g/mol. The molecule has 2 aromatic carbocycles. The van der Waals surface area contributed by atoms with E-state index >= 15 is 0 Å². The fourth-order valence-electron chi connectivity index (χ4n) is 4.41. The van der Waals surface area contributed by atoms with Gasteiger partial charge in [-0.05, 0) is 85.7 Å². The van der Waals surface area contributed by atoms with Crippen LogP contribution in [0.15, 0.2) is 66.4 Å². The second kappa shape index (κ2) is 11.6. The first-order valence-corrected chi connectivity index (χ1v) is 12.5. The lowest BCUT2D eigenvalue weighted by Crippen LogP contribution is -2.37. The van der Waals surface area contributed by atoms with Crippen LogP contribution in [0.4, 0.5) is 10.6 Å². The normalized spacial score (nSPS) is 14.9. The summed E-state index contributed by atoms with van der Waals surface area (Å²) in [6.45, 7) is 2.16. The third-order valence-electron chi connectivity index (χ3n) is 6.49. The molecule has 2 heterocycles. The molecule has 6 nitrogen and oxygen atoms in total. The van der Waals surface area contributed by atoms with Crippen molar-refractivity contribution in [2.75, 3.05) is 31.1 Å². The number of benzene rings is 2. The first-order chi connectivity index (χ1) is 16.9. The number of fused-ring (bicyclic) bond motifs is 1. The number of pyridine rings is 1. The van der Waals surface area contributed by atoms with Crippen molar-refractivity contribution in [2.24, 2.45) is 5.92 Å². The summed E-state index contributed by atoms with van der Waals surface area (Å²) in [5.74, 6) is 1.45. The summed E-state index contributed by atoms with van der Waals surface area (Å²) in [4.78, 5) is 20.1. The third-order valence-corrected chi connectivity index (χ3v) is 6.98. The fraction of sp³-hybridized carbons (Fsp3) is 0.333. The minimum absolute atomic E-state index is 0.00715. The molecular formula is C27H29Cl2N3O3. The maximum atomic E-state index is 11.7. The van der Waals surface area contributed by atoms with Crippen LogP contribution in [-0.2, 0) is 6.42 Å². The number of amides is 1. The fourth-order valence-corrected chi connectivity index (χ4v) is 4.72. The van der Waals surface area contributed by atoms with Crippen molar-refractivity contribution in [1.82, 2.24) is 9.88 Å². The van der Waals surface area contributed by atoms with Crippen LogP contribution in [0.1, 0.15) is 24.8 Å². The van der Waals surface area contributed by atoms with Crippen LogP contribution >= 0.6 is 23.2 Å². The van der Waals surface area contributed by atoms with E-state index in [2.05, 4.69) is 4.90 Å². The van der Waals surface area contributed by atoms with Crippen molar-refractivity contribution in [1.29, 1.82) is 0 Å². The number of hydrogen-bond acceptors (Lipinski definition) is 4. The number of carbonyl (C=O) groups is 1. The molecule has 0 unspecified atom stereocenters. The number of halogens is 2. The van der Waals surface area contributed by atoms with Crippen molar-refractivity contribution in [3.8, 4) is 0 Å². The van der Waals surface area contributed by atoms with E-state index < -0.39 is 6.09 Å². The van der Waals surface area contributed by atoms with Crippen LogP contribution in [0.25, 0.3) is 10.9 Å². The molecule has 1 amide bonds. The molecule has 4 rings (SSSR count). The number of carboxylic acid groups (broad SMARTS) is 1. The van der Waals surface area contributed by atoms with Gasteiger partial charge in [-0.15, -0.1) is 0 Å². The Balaban J connectivity index is 1.26. The predicted molar refractivity (Wildman–Crippen MR) is 142 cm³/mol. The molecule has 0 spiro atoms. The number of piperidine rings is 1. The molecule has 35 heavy (non-hydrogen) atoms. The topological polar surface area (TPSA) is 76.9 Å². The Kier molecular flexibility index (Phi) is 8.37. The van der Waals surface area contributed by atoms with Gasteiger partial charge in [-0.3, -0.25) is 0 Å². The van der Waals surface area contributed by atoms with Gasteiger partial charge in [-0.1, -0.05) is 35.3 Å². The van der Waals surface area contributed by atoms with Crippen LogP contribution in [0.2, 0.25) is 10.0 Å². The standard InChI is InChI=1S/C27H29Cl2N3O3/c28-22-5-1-19(2-6-22)3-8-24(33)18-32(27(34)35)16-13-20-11-14-31(15-12-20)26-10-4-21-17-23(29)7-9-25(21)30-26/h1-2,4-10,17,20,33H,3,11-16,18H2,(H,34,35)/b24-8-. The SMILES string of the molecule is O=C(O)N(CCC1CCN(c2ccc3cc(Cl)ccc3n2)CC1)C/C(O)=C/Cc1ccc(Cl)cc1. The zero-order chi connectivity index (χ0) is 24.8. The highest BCUT2D eigenvalue weighted by Crippen LogP contribution is 2.27. The number of rotatable bonds is 8. The third kappa shape index (κ3) is 7.03. The number of anilines is 1. The highest BCUT2D eigenvalue weighted by molar-refractivity contribution is 6.31. The number of aliphatic hydroxyl groups is 1. The van der Waals surface area contributed by atoms with Gasteiger partial charge >= 0.3 is 6.09 Å². The minimum Gasteiger partial charge on any atom is -0.511 e. The number of aromatic nitrogens is 1. The maximum Gasteiger partial charge on any atom is 0.407 e. The Hall–Kier alpha value is -2.96. The maximum absolute atomic E-state index is 11.7. The van der Waals surface area contributed by atoms with Crippen molar-refractivity contribution in [3.63, 3.8) is 0 Å². The van der Waals surface area contributed by atoms with Crippen LogP contribution in [-0.4, -0.2) is 52.4 Å². The van der Waals surface area contributed by atoms with Crippen LogP contribution in [0.5, 0.6) is 0 Å². The van der Waals surface area contributed by atoms with Gasteiger partial charge in [-0.25, -0.2) is 9.78 Å². The molecule has 1 aliphatic rings. The zero-order valence-electron chi connectivity index (χ0n) is 19.4. The summed E-state index contributed by atoms with van der Waals surface area (Å²) >= 11 is 12.0. The van der Waals surface area contributed by atoms with Gasteiger partial charge in [0.2, 0.25) is 0 Å². The lowest BCUT2D eigenvalue weighted by atomic mass is 9.93. The first kappa shape index (κ1) is 25.1. The number of allylic oxidation sites excluding steroid dienone is 1. The smallest absolute Gasteiger partial charge is 0.407 e. The number of hydrogen-bond donors (Lipinski definition) is 2. The van der Waals surface area contributed by atoms with Gasteiger partial charge in [0.05, 0.1) is 12.1 Å². The van der Waals surface area contributed by atoms with Crippen LogP contribution in [0, 0.1) is 5.92 Å². The molecule has 8 heteroatoms. The van der Waals surface area contributed by atoms with Crippen molar-refractivity contribution >= 4 is 46.0 Å². The Morgan fingerprint density at radius 3 is 2.46 bits per heavy atom. The van der Waals surface area contributed by atoms with Gasteiger partial charge in [0, 0.05) is 35.1 Å². The van der Waals surface area contributed by atoms with Crippen LogP contribution in [0.3, 0.4) is 0 Å². The molecule has 0 aliphatic carbocycles. The van der Waals surface area contributed by atoms with Gasteiger partial charge in [0.1, 0.15) is 11.6 Å². The van der Waals surface area contributed by atoms with Gasteiger partial charge < -0.3 is 20.0 Å². The van der Waals surface area contributed by atoms with Crippen molar-refractivity contribution in [3.05, 3.63) is 82.0 Å². The summed E-state index contributed by atoms with van der Waals surface area (Å²) < 4.78 is 0. The summed E-state index contributed by atoms with van der Waals surface area (Å²) in [5, 5.41) is 22.3. The quantitative estimate of drug-likeness (QED) is 0.323. The zero-order valence-corrected chi connectivity index (χ0v) is 20.9. The van der Waals surface area contributed by atoms with Gasteiger partial charge in [0.15, 0.2) is 0 Å². The molecule has 0 radical (unpaired) electrons. The lowest BCUT2D eigenvalue weighted by molar-refractivity contribution is 0.138. The van der Waals surface area contributed by atoms with E-state index in [0.717, 1.165) is 54.6 Å². The number of aliphatic hydroxyl groups excluding tert-OH is 1.